The van der Waals surface area contributed by atoms with Gasteiger partial charge in [0, 0.05) is 23.4 Å². The highest BCUT2D eigenvalue weighted by Gasteiger charge is 2.19. The molecule has 0 saturated heterocycles. The highest BCUT2D eigenvalue weighted by molar-refractivity contribution is 8.00. The number of thioether (sulfide) groups is 1. The van der Waals surface area contributed by atoms with E-state index in [-0.39, 0.29) is 0 Å². The van der Waals surface area contributed by atoms with Crippen LogP contribution >= 0.6 is 23.1 Å². The SMILES string of the molecule is c1csc(SCCCNC2CC2)n1. The van der Waals surface area contributed by atoms with Crippen molar-refractivity contribution in [2.45, 2.75) is 29.6 Å². The Bertz CT molecular complexity index is 232. The second kappa shape index (κ2) is 4.98. The van der Waals surface area contributed by atoms with E-state index in [1.165, 1.54) is 35.9 Å². The Balaban J connectivity index is 1.48. The number of rotatable bonds is 6. The topological polar surface area (TPSA) is 24.9 Å². The summed E-state index contributed by atoms with van der Waals surface area (Å²) in [5.41, 5.74) is 0. The quantitative estimate of drug-likeness (QED) is 0.581. The standard InChI is InChI=1S/C9H14N2S2/c1(4-10-8-2-3-8)6-12-9-11-5-7-13-9/h5,7-8,10H,1-4,6H2. The summed E-state index contributed by atoms with van der Waals surface area (Å²) in [4.78, 5) is 4.22. The molecule has 0 aliphatic heterocycles. The first-order chi connectivity index (χ1) is 6.45. The average molecular weight is 214 g/mol. The van der Waals surface area contributed by atoms with Crippen LogP contribution in [0.5, 0.6) is 0 Å². The van der Waals surface area contributed by atoms with Crippen LogP contribution in [0.15, 0.2) is 15.9 Å². The molecule has 1 aromatic heterocycles. The van der Waals surface area contributed by atoms with Crippen LogP contribution in [0.25, 0.3) is 0 Å². The molecule has 2 nitrogen and oxygen atoms in total. The monoisotopic (exact) mass is 214 g/mol. The molecule has 1 saturated carbocycles. The van der Waals surface area contributed by atoms with E-state index in [2.05, 4.69) is 10.3 Å². The van der Waals surface area contributed by atoms with Crippen LogP contribution in [0.3, 0.4) is 0 Å². The molecule has 1 aliphatic rings. The van der Waals surface area contributed by atoms with E-state index in [0.717, 1.165) is 6.04 Å². The molecule has 0 spiro atoms. The second-order valence-corrected chi connectivity index (χ2v) is 5.47. The molecule has 1 aromatic rings. The molecule has 0 amide bonds. The van der Waals surface area contributed by atoms with E-state index in [1.807, 2.05) is 23.3 Å². The van der Waals surface area contributed by atoms with Gasteiger partial charge in [0.25, 0.3) is 0 Å². The Morgan fingerprint density at radius 1 is 1.62 bits per heavy atom. The minimum absolute atomic E-state index is 0.852. The molecule has 0 radical (unpaired) electrons. The van der Waals surface area contributed by atoms with Gasteiger partial charge in [0.2, 0.25) is 0 Å². The molecule has 4 heteroatoms. The van der Waals surface area contributed by atoms with Gasteiger partial charge in [-0.2, -0.15) is 0 Å². The number of hydrogen-bond acceptors (Lipinski definition) is 4. The summed E-state index contributed by atoms with van der Waals surface area (Å²) in [6.07, 6.45) is 5.90. The third-order valence-corrected chi connectivity index (χ3v) is 4.02. The maximum atomic E-state index is 4.22. The molecule has 1 heterocycles. The Morgan fingerprint density at radius 2 is 2.54 bits per heavy atom. The van der Waals surface area contributed by atoms with Crippen LogP contribution in [0, 0.1) is 0 Å². The van der Waals surface area contributed by atoms with Gasteiger partial charge in [0.15, 0.2) is 0 Å². The lowest BCUT2D eigenvalue weighted by atomic mass is 10.5. The smallest absolute Gasteiger partial charge is 0.149 e. The summed E-state index contributed by atoms with van der Waals surface area (Å²) < 4.78 is 1.20. The molecular formula is C9H14N2S2. The first-order valence-corrected chi connectivity index (χ1v) is 6.57. The molecular weight excluding hydrogens is 200 g/mol. The molecule has 1 N–H and O–H groups in total. The lowest BCUT2D eigenvalue weighted by molar-refractivity contribution is 0.674. The zero-order chi connectivity index (χ0) is 8.93. The number of nitrogens with zero attached hydrogens (tertiary/aromatic N) is 1. The first-order valence-electron chi connectivity index (χ1n) is 4.71. The normalized spacial score (nSPS) is 16.3. The number of aromatic nitrogens is 1. The number of hydrogen-bond donors (Lipinski definition) is 1. The van der Waals surface area contributed by atoms with Gasteiger partial charge in [-0.15, -0.1) is 11.3 Å². The highest BCUT2D eigenvalue weighted by atomic mass is 32.2. The van der Waals surface area contributed by atoms with Crippen LogP contribution in [0.2, 0.25) is 0 Å². The average Bonchev–Trinajstić information content (AvgIpc) is 2.81. The third-order valence-electron chi connectivity index (χ3n) is 1.97. The fourth-order valence-corrected chi connectivity index (χ4v) is 2.75. The summed E-state index contributed by atoms with van der Waals surface area (Å²) in [7, 11) is 0. The highest BCUT2D eigenvalue weighted by Crippen LogP contribution is 2.21. The molecule has 0 unspecified atom stereocenters. The minimum Gasteiger partial charge on any atom is -0.314 e. The van der Waals surface area contributed by atoms with E-state index in [0.29, 0.717) is 0 Å². The van der Waals surface area contributed by atoms with Gasteiger partial charge < -0.3 is 5.32 Å². The van der Waals surface area contributed by atoms with Crippen LogP contribution in [-0.4, -0.2) is 23.3 Å². The van der Waals surface area contributed by atoms with E-state index < -0.39 is 0 Å². The van der Waals surface area contributed by atoms with Crippen molar-refractivity contribution >= 4 is 23.1 Å². The maximum Gasteiger partial charge on any atom is 0.149 e. The van der Waals surface area contributed by atoms with Gasteiger partial charge >= 0.3 is 0 Å². The summed E-state index contributed by atoms with van der Waals surface area (Å²) in [6, 6.07) is 0.852. The summed E-state index contributed by atoms with van der Waals surface area (Å²) in [6.45, 7) is 1.17. The van der Waals surface area contributed by atoms with Crippen LogP contribution in [0.1, 0.15) is 19.3 Å². The van der Waals surface area contributed by atoms with Crippen molar-refractivity contribution in [2.24, 2.45) is 0 Å². The van der Waals surface area contributed by atoms with Crippen molar-refractivity contribution in [2.75, 3.05) is 12.3 Å². The molecule has 1 fully saturated rings. The number of nitrogens with one attached hydrogen (secondary N) is 1. The van der Waals surface area contributed by atoms with Gasteiger partial charge in [-0.25, -0.2) is 4.98 Å². The largest absolute Gasteiger partial charge is 0.314 e. The van der Waals surface area contributed by atoms with Crippen molar-refractivity contribution in [3.63, 3.8) is 0 Å². The predicted molar refractivity (Wildman–Crippen MR) is 58.5 cm³/mol. The molecule has 13 heavy (non-hydrogen) atoms. The summed E-state index contributed by atoms with van der Waals surface area (Å²) in [5.74, 6) is 1.19. The Hall–Kier alpha value is -0.0600. The molecule has 0 bridgehead atoms. The molecule has 72 valence electrons. The van der Waals surface area contributed by atoms with Crippen molar-refractivity contribution in [3.05, 3.63) is 11.6 Å². The fraction of sp³-hybridized carbons (Fsp3) is 0.667. The zero-order valence-corrected chi connectivity index (χ0v) is 9.16. The lowest BCUT2D eigenvalue weighted by Crippen LogP contribution is -2.17. The van der Waals surface area contributed by atoms with E-state index in [4.69, 9.17) is 0 Å². The minimum atomic E-state index is 0.852. The second-order valence-electron chi connectivity index (χ2n) is 3.23. The Morgan fingerprint density at radius 3 is 3.23 bits per heavy atom. The Labute approximate surface area is 87.1 Å². The predicted octanol–water partition coefficient (Wildman–Crippen LogP) is 2.38. The maximum absolute atomic E-state index is 4.22. The van der Waals surface area contributed by atoms with Crippen LogP contribution < -0.4 is 5.32 Å². The van der Waals surface area contributed by atoms with Crippen molar-refractivity contribution < 1.29 is 0 Å². The van der Waals surface area contributed by atoms with Crippen molar-refractivity contribution in [1.29, 1.82) is 0 Å². The molecule has 0 atom stereocenters. The van der Waals surface area contributed by atoms with Crippen molar-refractivity contribution in [3.8, 4) is 0 Å². The summed E-state index contributed by atoms with van der Waals surface area (Å²) in [5, 5.41) is 5.54. The molecule has 2 rings (SSSR count). The number of thiazole rings is 1. The summed E-state index contributed by atoms with van der Waals surface area (Å²) >= 11 is 3.60. The Kier molecular flexibility index (Phi) is 3.64. The van der Waals surface area contributed by atoms with Gasteiger partial charge in [-0.3, -0.25) is 0 Å². The van der Waals surface area contributed by atoms with Crippen molar-refractivity contribution in [1.82, 2.24) is 10.3 Å². The van der Waals surface area contributed by atoms with Gasteiger partial charge in [-0.1, -0.05) is 11.8 Å². The lowest BCUT2D eigenvalue weighted by Gasteiger charge is -2.00. The third kappa shape index (κ3) is 3.67. The molecule has 0 aromatic carbocycles. The van der Waals surface area contributed by atoms with E-state index in [9.17, 15) is 0 Å². The molecule has 1 aliphatic carbocycles. The fourth-order valence-electron chi connectivity index (χ4n) is 1.11. The van der Waals surface area contributed by atoms with Crippen LogP contribution in [-0.2, 0) is 0 Å². The van der Waals surface area contributed by atoms with Gasteiger partial charge in [-0.05, 0) is 25.8 Å². The van der Waals surface area contributed by atoms with E-state index >= 15 is 0 Å². The van der Waals surface area contributed by atoms with Gasteiger partial charge in [0.1, 0.15) is 4.34 Å². The van der Waals surface area contributed by atoms with Gasteiger partial charge in [0.05, 0.1) is 0 Å². The van der Waals surface area contributed by atoms with E-state index in [1.54, 1.807) is 11.3 Å². The first kappa shape index (κ1) is 9.49. The van der Waals surface area contributed by atoms with Crippen LogP contribution in [0.4, 0.5) is 0 Å². The zero-order valence-electron chi connectivity index (χ0n) is 7.53.